The molecule has 0 spiro atoms. The highest BCUT2D eigenvalue weighted by atomic mass is 32.1. The van der Waals surface area contributed by atoms with Crippen molar-refractivity contribution in [3.63, 3.8) is 0 Å². The second-order valence-corrected chi connectivity index (χ2v) is 7.78. The van der Waals surface area contributed by atoms with Gasteiger partial charge in [-0.3, -0.25) is 4.57 Å². The van der Waals surface area contributed by atoms with E-state index in [1.807, 2.05) is 54.6 Å². The minimum atomic E-state index is 0.196. The third kappa shape index (κ3) is 3.82. The molecule has 0 saturated carbocycles. The summed E-state index contributed by atoms with van der Waals surface area (Å²) in [5, 5.41) is 18.9. The Bertz CT molecular complexity index is 1090. The maximum atomic E-state index is 10.7. The lowest BCUT2D eigenvalue weighted by atomic mass is 10.0. The van der Waals surface area contributed by atoms with E-state index in [4.69, 9.17) is 12.2 Å². The molecular weight excluding hydrogens is 374 g/mol. The molecule has 4 rings (SSSR count). The molecule has 0 bridgehead atoms. The molecule has 6 heteroatoms. The molecule has 2 aromatic carbocycles. The van der Waals surface area contributed by atoms with Gasteiger partial charge in [0, 0.05) is 17.7 Å². The number of hydrogen-bond acceptors (Lipinski definition) is 5. The lowest BCUT2D eigenvalue weighted by Gasteiger charge is -2.05. The lowest BCUT2D eigenvalue weighted by molar-refractivity contribution is 0.414. The Balaban J connectivity index is 1.60. The number of thiazole rings is 1. The highest BCUT2D eigenvalue weighted by molar-refractivity contribution is 7.73. The summed E-state index contributed by atoms with van der Waals surface area (Å²) in [6.07, 6.45) is 4.42. The highest BCUT2D eigenvalue weighted by Gasteiger charge is 2.16. The second kappa shape index (κ2) is 7.82. The van der Waals surface area contributed by atoms with Crippen LogP contribution in [0.2, 0.25) is 0 Å². The molecule has 134 valence electrons. The topological polar surface area (TPSA) is 49.9 Å². The van der Waals surface area contributed by atoms with Crippen molar-refractivity contribution in [3.8, 4) is 5.88 Å². The smallest absolute Gasteiger partial charge is 0.210 e. The Kier molecular flexibility index (Phi) is 5.09. The molecule has 0 saturated heterocycles. The van der Waals surface area contributed by atoms with Crippen LogP contribution in [0.15, 0.2) is 76.4 Å². The van der Waals surface area contributed by atoms with E-state index in [1.54, 1.807) is 10.8 Å². The normalized spacial score (nSPS) is 14.7. The third-order valence-corrected chi connectivity index (χ3v) is 5.71. The number of aryl methyl sites for hydroxylation is 1. The van der Waals surface area contributed by atoms with Crippen LogP contribution in [0.25, 0.3) is 6.08 Å². The van der Waals surface area contributed by atoms with Crippen LogP contribution in [-0.4, -0.2) is 21.6 Å². The fourth-order valence-electron chi connectivity index (χ4n) is 2.93. The van der Waals surface area contributed by atoms with E-state index in [0.29, 0.717) is 10.5 Å². The first-order chi connectivity index (χ1) is 13.2. The van der Waals surface area contributed by atoms with Gasteiger partial charge in [-0.05, 0) is 30.3 Å². The summed E-state index contributed by atoms with van der Waals surface area (Å²) in [7, 11) is 0. The quantitative estimate of drug-likeness (QED) is 0.615. The van der Waals surface area contributed by atoms with Crippen molar-refractivity contribution in [2.24, 2.45) is 10.2 Å². The van der Waals surface area contributed by atoms with Gasteiger partial charge in [0.25, 0.3) is 0 Å². The van der Waals surface area contributed by atoms with E-state index >= 15 is 0 Å². The molecule has 0 amide bonds. The van der Waals surface area contributed by atoms with E-state index in [9.17, 15) is 5.11 Å². The Hall–Kier alpha value is -2.83. The zero-order chi connectivity index (χ0) is 18.6. The van der Waals surface area contributed by atoms with Crippen molar-refractivity contribution in [1.29, 1.82) is 0 Å². The van der Waals surface area contributed by atoms with Gasteiger partial charge in [-0.15, -0.1) is 16.4 Å². The van der Waals surface area contributed by atoms with Gasteiger partial charge < -0.3 is 5.11 Å². The second-order valence-electron chi connectivity index (χ2n) is 6.10. The van der Waals surface area contributed by atoms with E-state index in [0.717, 1.165) is 28.1 Å². The fraction of sp³-hybridized carbons (Fsp3) is 0.0952. The average molecular weight is 392 g/mol. The Morgan fingerprint density at radius 1 is 1.04 bits per heavy atom. The maximum Gasteiger partial charge on any atom is 0.210 e. The number of aromatic nitrogens is 1. The molecular formula is C21H17N3OS2. The molecule has 0 fully saturated rings. The van der Waals surface area contributed by atoms with Crippen LogP contribution in [0.4, 0.5) is 0 Å². The van der Waals surface area contributed by atoms with Gasteiger partial charge in [0.2, 0.25) is 5.88 Å². The van der Waals surface area contributed by atoms with Crippen LogP contribution in [0.3, 0.4) is 0 Å². The Morgan fingerprint density at radius 3 is 2.48 bits per heavy atom. The summed E-state index contributed by atoms with van der Waals surface area (Å²) in [6, 6.07) is 20.1. The summed E-state index contributed by atoms with van der Waals surface area (Å²) in [5.41, 5.74) is 3.87. The molecule has 1 aromatic heterocycles. The van der Waals surface area contributed by atoms with Gasteiger partial charge >= 0.3 is 0 Å². The molecule has 2 heterocycles. The number of rotatable bonds is 5. The van der Waals surface area contributed by atoms with Crippen LogP contribution in [0.1, 0.15) is 16.0 Å². The zero-order valence-electron chi connectivity index (χ0n) is 14.4. The number of hydrogen-bond donors (Lipinski definition) is 1. The van der Waals surface area contributed by atoms with E-state index < -0.39 is 0 Å². The van der Waals surface area contributed by atoms with Crippen molar-refractivity contribution < 1.29 is 5.11 Å². The predicted molar refractivity (Wildman–Crippen MR) is 114 cm³/mol. The summed E-state index contributed by atoms with van der Waals surface area (Å²) < 4.78 is 2.44. The van der Waals surface area contributed by atoms with E-state index in [2.05, 4.69) is 22.3 Å². The van der Waals surface area contributed by atoms with Crippen LogP contribution in [-0.2, 0) is 13.0 Å². The highest BCUT2D eigenvalue weighted by Crippen LogP contribution is 2.30. The van der Waals surface area contributed by atoms with Crippen LogP contribution in [0.5, 0.6) is 5.88 Å². The number of allylic oxidation sites excluding steroid dienone is 1. The Morgan fingerprint density at radius 2 is 1.74 bits per heavy atom. The third-order valence-electron chi connectivity index (χ3n) is 4.32. The molecule has 1 aliphatic rings. The largest absolute Gasteiger partial charge is 0.493 e. The van der Waals surface area contributed by atoms with Crippen molar-refractivity contribution in [1.82, 2.24) is 4.57 Å². The van der Waals surface area contributed by atoms with E-state index in [1.165, 1.54) is 16.9 Å². The maximum absolute atomic E-state index is 10.7. The number of benzene rings is 2. The van der Waals surface area contributed by atoms with Crippen molar-refractivity contribution in [3.05, 3.63) is 86.2 Å². The first kappa shape index (κ1) is 17.6. The predicted octanol–water partition coefficient (Wildman–Crippen LogP) is 5.10. The minimum Gasteiger partial charge on any atom is -0.493 e. The summed E-state index contributed by atoms with van der Waals surface area (Å²) in [4.78, 5) is 0.722. The van der Waals surface area contributed by atoms with Gasteiger partial charge in [0.05, 0.1) is 11.1 Å². The molecule has 0 radical (unpaired) electrons. The van der Waals surface area contributed by atoms with Gasteiger partial charge in [0.15, 0.2) is 3.95 Å². The average Bonchev–Trinajstić information content (AvgIpc) is 3.27. The lowest BCUT2D eigenvalue weighted by Crippen LogP contribution is -2.02. The van der Waals surface area contributed by atoms with Gasteiger partial charge in [-0.1, -0.05) is 60.7 Å². The Labute approximate surface area is 166 Å². The molecule has 3 aromatic rings. The summed E-state index contributed by atoms with van der Waals surface area (Å²) >= 11 is 6.86. The van der Waals surface area contributed by atoms with Gasteiger partial charge in [-0.25, -0.2) is 0 Å². The van der Waals surface area contributed by atoms with Crippen LogP contribution >= 0.6 is 23.6 Å². The van der Waals surface area contributed by atoms with Crippen LogP contribution < -0.4 is 0 Å². The molecule has 0 atom stereocenters. The molecule has 4 nitrogen and oxygen atoms in total. The number of aromatic hydroxyl groups is 1. The molecule has 0 aliphatic carbocycles. The van der Waals surface area contributed by atoms with Crippen LogP contribution in [0, 0.1) is 3.95 Å². The van der Waals surface area contributed by atoms with E-state index in [-0.39, 0.29) is 5.88 Å². The zero-order valence-corrected chi connectivity index (χ0v) is 16.1. The van der Waals surface area contributed by atoms with Gasteiger partial charge in [0.1, 0.15) is 5.71 Å². The first-order valence-electron chi connectivity index (χ1n) is 8.57. The molecule has 27 heavy (non-hydrogen) atoms. The van der Waals surface area contributed by atoms with Crippen molar-refractivity contribution in [2.75, 3.05) is 0 Å². The van der Waals surface area contributed by atoms with Crippen molar-refractivity contribution >= 4 is 41.6 Å². The molecule has 1 N–H and O–H groups in total. The summed E-state index contributed by atoms with van der Waals surface area (Å²) in [6.45, 7) is 0.641. The number of nitrogens with zero attached hydrogens (tertiary/aromatic N) is 3. The standard InChI is InChI=1S/C21H17N3OS2/c25-20-18(13-17-14-22-23-19(17)16-9-5-2-6-10-16)27-21(26)24(20)12-11-15-7-3-1-4-8-15/h1-10,13-14,25H,11-12H2. The molecule has 1 aliphatic heterocycles. The fourth-order valence-corrected chi connectivity index (χ4v) is 4.24. The monoisotopic (exact) mass is 391 g/mol. The van der Waals surface area contributed by atoms with Gasteiger partial charge in [-0.2, -0.15) is 5.10 Å². The SMILES string of the molecule is Oc1c(C=C2C=NN=C2c2ccccc2)sc(=S)n1CCc1ccccc1. The summed E-state index contributed by atoms with van der Waals surface area (Å²) in [5.74, 6) is 0.196. The first-order valence-corrected chi connectivity index (χ1v) is 9.80. The molecule has 0 unspecified atom stereocenters. The van der Waals surface area contributed by atoms with Crippen molar-refractivity contribution in [2.45, 2.75) is 13.0 Å². The minimum absolute atomic E-state index is 0.196.